The number of hydrogen-bond acceptors (Lipinski definition) is 2. The number of rotatable bonds is 2. The number of hydrogen-bond donors (Lipinski definition) is 2. The summed E-state index contributed by atoms with van der Waals surface area (Å²) in [4.78, 5) is 11.1. The number of amides is 1. The molecule has 1 aromatic rings. The topological polar surface area (TPSA) is 55.1 Å². The molecule has 0 bridgehead atoms. The minimum atomic E-state index is -0.265. The fraction of sp³-hybridized carbons (Fsp3) is 0.417. The Labute approximate surface area is 93.8 Å². The molecule has 1 aliphatic heterocycles. The number of carbonyl (C=O) groups is 1. The summed E-state index contributed by atoms with van der Waals surface area (Å²) in [6.07, 6.45) is 0.744. The van der Waals surface area contributed by atoms with Crippen LogP contribution in [0.15, 0.2) is 24.3 Å². The third kappa shape index (κ3) is 2.39. The molecule has 1 aliphatic rings. The zero-order chi connectivity index (χ0) is 11.5. The van der Waals surface area contributed by atoms with Crippen LogP contribution in [-0.2, 0) is 4.79 Å². The van der Waals surface area contributed by atoms with E-state index >= 15 is 0 Å². The molecule has 1 aromatic carbocycles. The molecule has 0 unspecified atom stereocenters. The van der Waals surface area contributed by atoms with Crippen molar-refractivity contribution in [3.8, 4) is 0 Å². The molecule has 86 valence electrons. The molecule has 0 radical (unpaired) electrons. The van der Waals surface area contributed by atoms with Gasteiger partial charge in [0, 0.05) is 13.1 Å². The van der Waals surface area contributed by atoms with Gasteiger partial charge in [-0.3, -0.25) is 4.79 Å². The summed E-state index contributed by atoms with van der Waals surface area (Å²) in [6.45, 7) is 1.46. The highest BCUT2D eigenvalue weighted by molar-refractivity contribution is 5.77. The van der Waals surface area contributed by atoms with Gasteiger partial charge in [0.1, 0.15) is 5.82 Å². The molecule has 1 saturated heterocycles. The number of nitrogens with two attached hydrogens (primary N) is 1. The second-order valence-corrected chi connectivity index (χ2v) is 4.24. The van der Waals surface area contributed by atoms with E-state index in [0.717, 1.165) is 18.5 Å². The monoisotopic (exact) mass is 222 g/mol. The maximum atomic E-state index is 12.8. The van der Waals surface area contributed by atoms with Crippen LogP contribution in [0.25, 0.3) is 0 Å². The summed E-state index contributed by atoms with van der Waals surface area (Å²) < 4.78 is 12.8. The number of carbonyl (C=O) groups excluding carboxylic acids is 1. The lowest BCUT2D eigenvalue weighted by Crippen LogP contribution is -2.41. The second kappa shape index (κ2) is 4.61. The first-order valence-electron chi connectivity index (χ1n) is 5.42. The smallest absolute Gasteiger partial charge is 0.221 e. The fourth-order valence-corrected chi connectivity index (χ4v) is 2.15. The van der Waals surface area contributed by atoms with Crippen molar-refractivity contribution >= 4 is 5.91 Å². The predicted octanol–water partition coefficient (Wildman–Crippen LogP) is 1.00. The van der Waals surface area contributed by atoms with Crippen molar-refractivity contribution in [2.24, 2.45) is 11.7 Å². The number of benzene rings is 1. The van der Waals surface area contributed by atoms with Gasteiger partial charge >= 0.3 is 0 Å². The van der Waals surface area contributed by atoms with E-state index in [1.54, 1.807) is 12.1 Å². The summed E-state index contributed by atoms with van der Waals surface area (Å²) in [7, 11) is 0. The summed E-state index contributed by atoms with van der Waals surface area (Å²) in [5.41, 5.74) is 6.35. The molecule has 1 amide bonds. The third-order valence-electron chi connectivity index (χ3n) is 3.09. The van der Waals surface area contributed by atoms with E-state index in [1.807, 2.05) is 0 Å². The second-order valence-electron chi connectivity index (χ2n) is 4.24. The van der Waals surface area contributed by atoms with Gasteiger partial charge in [0.15, 0.2) is 0 Å². The van der Waals surface area contributed by atoms with E-state index in [9.17, 15) is 9.18 Å². The highest BCUT2D eigenvalue weighted by Gasteiger charge is 2.26. The average Bonchev–Trinajstić information content (AvgIpc) is 2.30. The lowest BCUT2D eigenvalue weighted by atomic mass is 9.85. The van der Waals surface area contributed by atoms with Crippen molar-refractivity contribution in [3.05, 3.63) is 35.6 Å². The molecule has 0 aromatic heterocycles. The Kier molecular flexibility index (Phi) is 3.19. The molecular formula is C12H15FN2O. The summed E-state index contributed by atoms with van der Waals surface area (Å²) in [5.74, 6) is -0.381. The zero-order valence-corrected chi connectivity index (χ0v) is 8.95. The highest BCUT2D eigenvalue weighted by Crippen LogP contribution is 2.26. The summed E-state index contributed by atoms with van der Waals surface area (Å²) in [6, 6.07) is 6.43. The fourth-order valence-electron chi connectivity index (χ4n) is 2.15. The van der Waals surface area contributed by atoms with Gasteiger partial charge in [0.05, 0.1) is 5.92 Å². The quantitative estimate of drug-likeness (QED) is 0.784. The molecule has 2 atom stereocenters. The minimum absolute atomic E-state index is 0.121. The maximum Gasteiger partial charge on any atom is 0.221 e. The lowest BCUT2D eigenvalue weighted by Gasteiger charge is -2.28. The largest absolute Gasteiger partial charge is 0.369 e. The maximum absolute atomic E-state index is 12.8. The Morgan fingerprint density at radius 2 is 2.00 bits per heavy atom. The Balaban J connectivity index is 2.09. The van der Waals surface area contributed by atoms with Crippen LogP contribution >= 0.6 is 0 Å². The van der Waals surface area contributed by atoms with Crippen molar-refractivity contribution < 1.29 is 9.18 Å². The Hall–Kier alpha value is -1.42. The van der Waals surface area contributed by atoms with Gasteiger partial charge in [-0.05, 0) is 30.0 Å². The summed E-state index contributed by atoms with van der Waals surface area (Å²) >= 11 is 0. The van der Waals surface area contributed by atoms with E-state index in [0.29, 0.717) is 6.54 Å². The molecule has 2 rings (SSSR count). The van der Waals surface area contributed by atoms with Crippen molar-refractivity contribution in [2.75, 3.05) is 13.1 Å². The van der Waals surface area contributed by atoms with Crippen LogP contribution in [0.3, 0.4) is 0 Å². The van der Waals surface area contributed by atoms with Crippen LogP contribution in [0, 0.1) is 11.7 Å². The van der Waals surface area contributed by atoms with Gasteiger partial charge in [0.25, 0.3) is 0 Å². The van der Waals surface area contributed by atoms with Crippen LogP contribution in [-0.4, -0.2) is 19.0 Å². The minimum Gasteiger partial charge on any atom is -0.369 e. The standard InChI is InChI=1S/C12H15FN2O/c13-11-3-1-8(2-4-11)9-5-10(12(14)16)7-15-6-9/h1-4,9-10,15H,5-7H2,(H2,14,16)/t9-,10-/m1/s1. The van der Waals surface area contributed by atoms with Crippen molar-refractivity contribution in [3.63, 3.8) is 0 Å². The van der Waals surface area contributed by atoms with Gasteiger partial charge < -0.3 is 11.1 Å². The first kappa shape index (κ1) is 11.1. The summed E-state index contributed by atoms with van der Waals surface area (Å²) in [5, 5.41) is 3.18. The van der Waals surface area contributed by atoms with Crippen LogP contribution in [0.2, 0.25) is 0 Å². The van der Waals surface area contributed by atoms with Crippen LogP contribution < -0.4 is 11.1 Å². The molecule has 4 heteroatoms. The molecule has 0 spiro atoms. The van der Waals surface area contributed by atoms with E-state index in [1.165, 1.54) is 12.1 Å². The van der Waals surface area contributed by atoms with Crippen LogP contribution in [0.5, 0.6) is 0 Å². The van der Waals surface area contributed by atoms with Gasteiger partial charge in [-0.25, -0.2) is 4.39 Å². The van der Waals surface area contributed by atoms with E-state index in [-0.39, 0.29) is 23.6 Å². The Bertz CT molecular complexity index is 377. The number of primary amides is 1. The molecule has 3 N–H and O–H groups in total. The Morgan fingerprint density at radius 3 is 2.62 bits per heavy atom. The van der Waals surface area contributed by atoms with E-state index in [4.69, 9.17) is 5.73 Å². The van der Waals surface area contributed by atoms with E-state index < -0.39 is 0 Å². The van der Waals surface area contributed by atoms with Crippen molar-refractivity contribution in [1.29, 1.82) is 0 Å². The number of halogens is 1. The SMILES string of the molecule is NC(=O)[C@H]1CNC[C@H](c2ccc(F)cc2)C1. The van der Waals surface area contributed by atoms with Gasteiger partial charge in [-0.2, -0.15) is 0 Å². The number of nitrogens with one attached hydrogen (secondary N) is 1. The van der Waals surface area contributed by atoms with Gasteiger partial charge in [-0.15, -0.1) is 0 Å². The van der Waals surface area contributed by atoms with Crippen LogP contribution in [0.1, 0.15) is 17.9 Å². The van der Waals surface area contributed by atoms with Gasteiger partial charge in [-0.1, -0.05) is 12.1 Å². The van der Waals surface area contributed by atoms with Gasteiger partial charge in [0.2, 0.25) is 5.91 Å². The Morgan fingerprint density at radius 1 is 1.31 bits per heavy atom. The van der Waals surface area contributed by atoms with E-state index in [2.05, 4.69) is 5.32 Å². The molecule has 1 heterocycles. The van der Waals surface area contributed by atoms with Crippen LogP contribution in [0.4, 0.5) is 4.39 Å². The average molecular weight is 222 g/mol. The predicted molar refractivity (Wildman–Crippen MR) is 59.3 cm³/mol. The lowest BCUT2D eigenvalue weighted by molar-refractivity contribution is -0.122. The molecule has 16 heavy (non-hydrogen) atoms. The zero-order valence-electron chi connectivity index (χ0n) is 8.95. The first-order valence-corrected chi connectivity index (χ1v) is 5.42. The van der Waals surface area contributed by atoms with Crippen molar-refractivity contribution in [2.45, 2.75) is 12.3 Å². The van der Waals surface area contributed by atoms with Crippen molar-refractivity contribution in [1.82, 2.24) is 5.32 Å². The first-order chi connectivity index (χ1) is 7.66. The molecule has 1 fully saturated rings. The highest BCUT2D eigenvalue weighted by atomic mass is 19.1. The molecule has 0 aliphatic carbocycles. The third-order valence-corrected chi connectivity index (χ3v) is 3.09. The molecule has 3 nitrogen and oxygen atoms in total. The molecule has 0 saturated carbocycles. The number of piperidine rings is 1. The normalized spacial score (nSPS) is 25.3. The molecular weight excluding hydrogens is 207 g/mol.